The first-order chi connectivity index (χ1) is 8.41. The topological polar surface area (TPSA) is 85.2 Å². The second-order valence-corrected chi connectivity index (χ2v) is 4.92. The zero-order valence-electron chi connectivity index (χ0n) is 10.6. The van der Waals surface area contributed by atoms with Gasteiger partial charge in [0.1, 0.15) is 10.7 Å². The molecule has 0 fully saturated rings. The zero-order valence-corrected chi connectivity index (χ0v) is 11.4. The fourth-order valence-corrected chi connectivity index (χ4v) is 1.88. The maximum Gasteiger partial charge on any atom is 0.236 e. The van der Waals surface area contributed by atoms with Crippen LogP contribution in [0.4, 0.5) is 5.69 Å². The normalized spacial score (nSPS) is 10.4. The van der Waals surface area contributed by atoms with E-state index in [1.54, 1.807) is 12.3 Å². The third kappa shape index (κ3) is 3.96. The fourth-order valence-electron chi connectivity index (χ4n) is 1.72. The summed E-state index contributed by atoms with van der Waals surface area (Å²) in [6.45, 7) is 4.93. The zero-order chi connectivity index (χ0) is 13.7. The van der Waals surface area contributed by atoms with E-state index in [-0.39, 0.29) is 11.5 Å². The average molecular weight is 266 g/mol. The Bertz CT molecular complexity index is 447. The van der Waals surface area contributed by atoms with Crippen LogP contribution >= 0.6 is 12.2 Å². The molecule has 0 atom stereocenters. The van der Waals surface area contributed by atoms with Crippen LogP contribution in [0.2, 0.25) is 0 Å². The summed E-state index contributed by atoms with van der Waals surface area (Å²) in [6.07, 6.45) is 1.62. The molecule has 1 aromatic rings. The number of hydrogen-bond acceptors (Lipinski definition) is 4. The summed E-state index contributed by atoms with van der Waals surface area (Å²) >= 11 is 4.97. The Morgan fingerprint density at radius 1 is 1.50 bits per heavy atom. The highest BCUT2D eigenvalue weighted by Crippen LogP contribution is 2.19. The van der Waals surface area contributed by atoms with Crippen LogP contribution in [0.1, 0.15) is 19.5 Å². The van der Waals surface area contributed by atoms with Crippen LogP contribution in [-0.4, -0.2) is 29.0 Å². The smallest absolute Gasteiger partial charge is 0.236 e. The molecule has 5 nitrogen and oxygen atoms in total. The molecule has 1 aromatic heterocycles. The molecule has 0 bridgehead atoms. The van der Waals surface area contributed by atoms with E-state index >= 15 is 0 Å². The molecule has 18 heavy (non-hydrogen) atoms. The number of carbonyl (C=O) groups is 1. The largest absolute Gasteiger partial charge is 0.388 e. The molecule has 0 unspecified atom stereocenters. The number of thiocarbonyl (C=S) groups is 1. The van der Waals surface area contributed by atoms with Crippen molar-refractivity contribution >= 4 is 28.8 Å². The minimum atomic E-state index is -0.395. The molecule has 0 saturated heterocycles. The lowest BCUT2D eigenvalue weighted by molar-refractivity contribution is -0.116. The number of aromatic nitrogens is 1. The molecule has 1 rings (SSSR count). The molecule has 0 aliphatic carbocycles. The summed E-state index contributed by atoms with van der Waals surface area (Å²) in [4.78, 5) is 17.4. The van der Waals surface area contributed by atoms with Crippen molar-refractivity contribution in [3.8, 4) is 0 Å². The summed E-state index contributed by atoms with van der Waals surface area (Å²) in [7, 11) is 0. The number of primary amides is 1. The van der Waals surface area contributed by atoms with Crippen LogP contribution in [0.25, 0.3) is 0 Å². The number of amides is 1. The van der Waals surface area contributed by atoms with Crippen LogP contribution in [0.5, 0.6) is 0 Å². The van der Waals surface area contributed by atoms with Crippen molar-refractivity contribution in [3.05, 3.63) is 24.0 Å². The third-order valence-electron chi connectivity index (χ3n) is 2.29. The molecule has 1 amide bonds. The molecule has 4 N–H and O–H groups in total. The van der Waals surface area contributed by atoms with Gasteiger partial charge in [0, 0.05) is 12.7 Å². The van der Waals surface area contributed by atoms with Gasteiger partial charge in [-0.15, -0.1) is 0 Å². The van der Waals surface area contributed by atoms with Crippen LogP contribution in [0.15, 0.2) is 18.3 Å². The van der Waals surface area contributed by atoms with Crippen molar-refractivity contribution < 1.29 is 4.79 Å². The van der Waals surface area contributed by atoms with E-state index in [9.17, 15) is 4.79 Å². The summed E-state index contributed by atoms with van der Waals surface area (Å²) in [5.41, 5.74) is 12.2. The van der Waals surface area contributed by atoms with E-state index in [4.69, 9.17) is 23.7 Å². The van der Waals surface area contributed by atoms with Crippen molar-refractivity contribution in [2.75, 3.05) is 18.0 Å². The van der Waals surface area contributed by atoms with Gasteiger partial charge in [0.15, 0.2) is 0 Å². The first-order valence-electron chi connectivity index (χ1n) is 5.70. The number of rotatable bonds is 6. The van der Waals surface area contributed by atoms with Crippen molar-refractivity contribution in [1.82, 2.24) is 4.98 Å². The predicted octanol–water partition coefficient (Wildman–Crippen LogP) is 0.663. The fraction of sp³-hybridized carbons (Fsp3) is 0.417. The summed E-state index contributed by atoms with van der Waals surface area (Å²) in [5, 5.41) is 0. The predicted molar refractivity (Wildman–Crippen MR) is 76.4 cm³/mol. The van der Waals surface area contributed by atoms with Crippen molar-refractivity contribution in [1.29, 1.82) is 0 Å². The van der Waals surface area contributed by atoms with E-state index < -0.39 is 5.91 Å². The van der Waals surface area contributed by atoms with E-state index in [0.717, 1.165) is 5.69 Å². The molecule has 0 aromatic carbocycles. The Morgan fingerprint density at radius 2 is 2.17 bits per heavy atom. The standard InChI is InChI=1S/C12H18N4OS/c1-8(2)6-16(7-10(13)17)9-4-3-5-15-11(9)12(14)18/h3-5,8H,6-7H2,1-2H3,(H2,13,17)(H2,14,18). The highest BCUT2D eigenvalue weighted by molar-refractivity contribution is 7.80. The monoisotopic (exact) mass is 266 g/mol. The maximum absolute atomic E-state index is 11.1. The Balaban J connectivity index is 3.11. The number of nitrogens with two attached hydrogens (primary N) is 2. The molecule has 0 spiro atoms. The van der Waals surface area contributed by atoms with Gasteiger partial charge >= 0.3 is 0 Å². The summed E-state index contributed by atoms with van der Waals surface area (Å²) in [5.74, 6) is -0.0165. The van der Waals surface area contributed by atoms with Gasteiger partial charge in [0.05, 0.1) is 12.2 Å². The van der Waals surface area contributed by atoms with Gasteiger partial charge < -0.3 is 16.4 Å². The Labute approximate surface area is 112 Å². The summed E-state index contributed by atoms with van der Waals surface area (Å²) in [6, 6.07) is 3.62. The van der Waals surface area contributed by atoms with Gasteiger partial charge in [-0.25, -0.2) is 0 Å². The number of nitrogens with zero attached hydrogens (tertiary/aromatic N) is 2. The number of hydrogen-bond donors (Lipinski definition) is 2. The van der Waals surface area contributed by atoms with E-state index in [1.165, 1.54) is 0 Å². The van der Waals surface area contributed by atoms with Gasteiger partial charge in [-0.2, -0.15) is 0 Å². The minimum absolute atomic E-state index is 0.124. The van der Waals surface area contributed by atoms with E-state index in [0.29, 0.717) is 18.2 Å². The van der Waals surface area contributed by atoms with Gasteiger partial charge in [-0.1, -0.05) is 26.1 Å². The van der Waals surface area contributed by atoms with Crippen molar-refractivity contribution in [3.63, 3.8) is 0 Å². The second-order valence-electron chi connectivity index (χ2n) is 4.48. The van der Waals surface area contributed by atoms with Crippen molar-refractivity contribution in [2.24, 2.45) is 17.4 Å². The third-order valence-corrected chi connectivity index (χ3v) is 2.49. The molecule has 0 radical (unpaired) electrons. The SMILES string of the molecule is CC(C)CN(CC(N)=O)c1cccnc1C(N)=S. The first-order valence-corrected chi connectivity index (χ1v) is 6.10. The first kappa shape index (κ1) is 14.4. The number of anilines is 1. The Hall–Kier alpha value is -1.69. The Morgan fingerprint density at radius 3 is 2.67 bits per heavy atom. The van der Waals surface area contributed by atoms with E-state index in [1.807, 2.05) is 11.0 Å². The Kier molecular flexibility index (Phi) is 5.03. The minimum Gasteiger partial charge on any atom is -0.388 e. The quantitative estimate of drug-likeness (QED) is 0.739. The van der Waals surface area contributed by atoms with Crippen LogP contribution < -0.4 is 16.4 Å². The lowest BCUT2D eigenvalue weighted by atomic mass is 10.1. The maximum atomic E-state index is 11.1. The molecular weight excluding hydrogens is 248 g/mol. The number of pyridine rings is 1. The molecule has 0 aliphatic rings. The van der Waals surface area contributed by atoms with Gasteiger partial charge in [-0.3, -0.25) is 9.78 Å². The number of carbonyl (C=O) groups excluding carboxylic acids is 1. The molecule has 6 heteroatoms. The lowest BCUT2D eigenvalue weighted by Gasteiger charge is -2.26. The molecule has 98 valence electrons. The molecule has 0 saturated carbocycles. The second kappa shape index (κ2) is 6.30. The van der Waals surface area contributed by atoms with Crippen molar-refractivity contribution in [2.45, 2.75) is 13.8 Å². The van der Waals surface area contributed by atoms with Crippen LogP contribution in [-0.2, 0) is 4.79 Å². The average Bonchev–Trinajstić information content (AvgIpc) is 2.26. The molecular formula is C12H18N4OS. The highest BCUT2D eigenvalue weighted by Gasteiger charge is 2.16. The highest BCUT2D eigenvalue weighted by atomic mass is 32.1. The summed E-state index contributed by atoms with van der Waals surface area (Å²) < 4.78 is 0. The van der Waals surface area contributed by atoms with Gasteiger partial charge in [-0.05, 0) is 18.1 Å². The molecule has 0 aliphatic heterocycles. The van der Waals surface area contributed by atoms with Gasteiger partial charge in [0.2, 0.25) is 5.91 Å². The lowest BCUT2D eigenvalue weighted by Crippen LogP contribution is -2.37. The van der Waals surface area contributed by atoms with Crippen LogP contribution in [0.3, 0.4) is 0 Å². The van der Waals surface area contributed by atoms with E-state index in [2.05, 4.69) is 18.8 Å². The molecule has 1 heterocycles. The van der Waals surface area contributed by atoms with Gasteiger partial charge in [0.25, 0.3) is 0 Å². The van der Waals surface area contributed by atoms with Crippen LogP contribution in [0, 0.1) is 5.92 Å².